The maximum Gasteiger partial charge on any atom is 0.335 e. The number of carboxylic acid groups (broad SMARTS) is 1. The van der Waals surface area contributed by atoms with Crippen molar-refractivity contribution in [3.05, 3.63) is 34.3 Å². The van der Waals surface area contributed by atoms with Crippen LogP contribution in [0, 0.1) is 11.8 Å². The molecule has 1 aromatic carbocycles. The van der Waals surface area contributed by atoms with Crippen LogP contribution in [0.5, 0.6) is 0 Å². The molecule has 0 radical (unpaired) electrons. The quantitative estimate of drug-likeness (QED) is 0.689. The van der Waals surface area contributed by atoms with Gasteiger partial charge in [-0.05, 0) is 18.2 Å². The van der Waals surface area contributed by atoms with Crippen molar-refractivity contribution < 1.29 is 15.0 Å². The number of aliphatic hydroxyl groups is 1. The van der Waals surface area contributed by atoms with E-state index >= 15 is 0 Å². The first-order chi connectivity index (χ1) is 6.65. The van der Waals surface area contributed by atoms with E-state index in [0.29, 0.717) is 5.56 Å². The van der Waals surface area contributed by atoms with Gasteiger partial charge in [0.1, 0.15) is 6.61 Å². The van der Waals surface area contributed by atoms with E-state index < -0.39 is 5.97 Å². The summed E-state index contributed by atoms with van der Waals surface area (Å²) in [6.45, 7) is -0.253. The van der Waals surface area contributed by atoms with Crippen LogP contribution in [0.2, 0.25) is 5.02 Å². The first-order valence-corrected chi connectivity index (χ1v) is 4.15. The molecule has 3 nitrogen and oxygen atoms in total. The normalized spacial score (nSPS) is 9.00. The van der Waals surface area contributed by atoms with Crippen LogP contribution in [0.15, 0.2) is 18.2 Å². The minimum atomic E-state index is -1.03. The number of benzene rings is 1. The Balaban J connectivity index is 3.07. The number of hydrogen-bond donors (Lipinski definition) is 2. The van der Waals surface area contributed by atoms with Crippen LogP contribution in [0.1, 0.15) is 15.9 Å². The van der Waals surface area contributed by atoms with Gasteiger partial charge in [-0.15, -0.1) is 0 Å². The third kappa shape index (κ3) is 2.49. The van der Waals surface area contributed by atoms with Crippen molar-refractivity contribution in [3.8, 4) is 11.8 Å². The van der Waals surface area contributed by atoms with Crippen LogP contribution >= 0.6 is 11.6 Å². The van der Waals surface area contributed by atoms with Gasteiger partial charge < -0.3 is 10.2 Å². The van der Waals surface area contributed by atoms with Crippen LogP contribution in [-0.2, 0) is 0 Å². The second-order valence-electron chi connectivity index (χ2n) is 2.46. The zero-order valence-electron chi connectivity index (χ0n) is 7.12. The number of aliphatic hydroxyl groups excluding tert-OH is 1. The summed E-state index contributed by atoms with van der Waals surface area (Å²) < 4.78 is 0. The minimum Gasteiger partial charge on any atom is -0.478 e. The molecule has 0 heterocycles. The van der Waals surface area contributed by atoms with Crippen LogP contribution in [0.25, 0.3) is 0 Å². The summed E-state index contributed by atoms with van der Waals surface area (Å²) in [6.07, 6.45) is 0. The van der Waals surface area contributed by atoms with Crippen molar-refractivity contribution in [2.75, 3.05) is 6.61 Å². The predicted octanol–water partition coefficient (Wildman–Crippen LogP) is 1.38. The summed E-state index contributed by atoms with van der Waals surface area (Å²) in [4.78, 5) is 10.5. The smallest absolute Gasteiger partial charge is 0.335 e. The van der Waals surface area contributed by atoms with E-state index in [1.54, 1.807) is 0 Å². The zero-order chi connectivity index (χ0) is 10.6. The van der Waals surface area contributed by atoms with Gasteiger partial charge in [0.2, 0.25) is 0 Å². The van der Waals surface area contributed by atoms with E-state index in [1.807, 2.05) is 0 Å². The van der Waals surface area contributed by atoms with Gasteiger partial charge in [-0.25, -0.2) is 4.79 Å². The first-order valence-electron chi connectivity index (χ1n) is 3.77. The molecule has 0 saturated heterocycles. The van der Waals surface area contributed by atoms with Gasteiger partial charge in [0.15, 0.2) is 0 Å². The summed E-state index contributed by atoms with van der Waals surface area (Å²) in [7, 11) is 0. The molecule has 0 aliphatic carbocycles. The molecule has 0 unspecified atom stereocenters. The highest BCUT2D eigenvalue weighted by Crippen LogP contribution is 2.16. The highest BCUT2D eigenvalue weighted by molar-refractivity contribution is 6.32. The Morgan fingerprint density at radius 1 is 1.50 bits per heavy atom. The lowest BCUT2D eigenvalue weighted by molar-refractivity contribution is 0.0697. The Bertz CT molecular complexity index is 415. The lowest BCUT2D eigenvalue weighted by Gasteiger charge is -1.97. The first kappa shape index (κ1) is 10.6. The molecule has 14 heavy (non-hydrogen) atoms. The van der Waals surface area contributed by atoms with Gasteiger partial charge in [0.05, 0.1) is 10.6 Å². The van der Waals surface area contributed by atoms with Crippen molar-refractivity contribution in [2.24, 2.45) is 0 Å². The minimum absolute atomic E-state index is 0.115. The lowest BCUT2D eigenvalue weighted by Crippen LogP contribution is -1.96. The third-order valence-electron chi connectivity index (χ3n) is 1.52. The number of carboxylic acids is 1. The van der Waals surface area contributed by atoms with E-state index in [9.17, 15) is 4.79 Å². The molecule has 0 spiro atoms. The molecular formula is C10H7ClO3. The van der Waals surface area contributed by atoms with Crippen molar-refractivity contribution >= 4 is 17.6 Å². The van der Waals surface area contributed by atoms with Gasteiger partial charge in [-0.3, -0.25) is 0 Å². The largest absolute Gasteiger partial charge is 0.478 e. The summed E-state index contributed by atoms with van der Waals surface area (Å²) in [5, 5.41) is 17.4. The van der Waals surface area contributed by atoms with E-state index in [1.165, 1.54) is 18.2 Å². The Morgan fingerprint density at radius 3 is 2.71 bits per heavy atom. The molecule has 1 aromatic rings. The highest BCUT2D eigenvalue weighted by Gasteiger charge is 2.04. The maximum atomic E-state index is 10.5. The molecule has 4 heteroatoms. The van der Waals surface area contributed by atoms with Crippen LogP contribution in [0.3, 0.4) is 0 Å². The molecular weight excluding hydrogens is 204 g/mol. The Hall–Kier alpha value is -1.50. The summed E-state index contributed by atoms with van der Waals surface area (Å²) in [5.41, 5.74) is 0.621. The fourth-order valence-corrected chi connectivity index (χ4v) is 1.11. The third-order valence-corrected chi connectivity index (χ3v) is 1.83. The fraction of sp³-hybridized carbons (Fsp3) is 0.100. The molecule has 0 amide bonds. The zero-order valence-corrected chi connectivity index (χ0v) is 7.88. The lowest BCUT2D eigenvalue weighted by atomic mass is 10.1. The average Bonchev–Trinajstić information content (AvgIpc) is 2.15. The summed E-state index contributed by atoms with van der Waals surface area (Å²) in [6, 6.07) is 4.25. The molecule has 0 aliphatic heterocycles. The highest BCUT2D eigenvalue weighted by atomic mass is 35.5. The number of halogens is 1. The molecule has 0 fully saturated rings. The number of hydrogen-bond acceptors (Lipinski definition) is 2. The molecule has 0 aromatic heterocycles. The second kappa shape index (κ2) is 4.66. The van der Waals surface area contributed by atoms with Crippen molar-refractivity contribution in [1.82, 2.24) is 0 Å². The van der Waals surface area contributed by atoms with Crippen molar-refractivity contribution in [1.29, 1.82) is 0 Å². The molecule has 0 saturated carbocycles. The standard InChI is InChI=1S/C10H7ClO3/c11-9-6-8(10(13)14)4-3-7(9)2-1-5-12/h3-4,6,12H,5H2,(H,13,14). The molecule has 1 rings (SSSR count). The van der Waals surface area contributed by atoms with Crippen LogP contribution in [0.4, 0.5) is 0 Å². The van der Waals surface area contributed by atoms with E-state index in [2.05, 4.69) is 11.8 Å². The summed E-state index contributed by atoms with van der Waals surface area (Å²) in [5.74, 6) is 4.00. The second-order valence-corrected chi connectivity index (χ2v) is 2.87. The molecule has 0 aliphatic rings. The van der Waals surface area contributed by atoms with E-state index in [4.69, 9.17) is 21.8 Å². The average molecular weight is 211 g/mol. The maximum absolute atomic E-state index is 10.5. The van der Waals surface area contributed by atoms with E-state index in [-0.39, 0.29) is 17.2 Å². The van der Waals surface area contributed by atoms with Crippen molar-refractivity contribution in [2.45, 2.75) is 0 Å². The molecule has 72 valence electrons. The number of aromatic carboxylic acids is 1. The van der Waals surface area contributed by atoms with Gasteiger partial charge in [-0.2, -0.15) is 0 Å². The van der Waals surface area contributed by atoms with Gasteiger partial charge >= 0.3 is 5.97 Å². The molecule has 2 N–H and O–H groups in total. The predicted molar refractivity (Wildman–Crippen MR) is 52.4 cm³/mol. The number of carbonyl (C=O) groups is 1. The Kier molecular flexibility index (Phi) is 3.52. The topological polar surface area (TPSA) is 57.5 Å². The van der Waals surface area contributed by atoms with Gasteiger partial charge in [-0.1, -0.05) is 23.4 Å². The molecule has 0 atom stereocenters. The molecule has 0 bridgehead atoms. The fourth-order valence-electron chi connectivity index (χ4n) is 0.884. The van der Waals surface area contributed by atoms with Crippen molar-refractivity contribution in [3.63, 3.8) is 0 Å². The van der Waals surface area contributed by atoms with Crippen LogP contribution < -0.4 is 0 Å². The number of rotatable bonds is 1. The monoisotopic (exact) mass is 210 g/mol. The van der Waals surface area contributed by atoms with Crippen LogP contribution in [-0.4, -0.2) is 22.8 Å². The van der Waals surface area contributed by atoms with Gasteiger partial charge in [0.25, 0.3) is 0 Å². The van der Waals surface area contributed by atoms with Gasteiger partial charge in [0, 0.05) is 5.56 Å². The van der Waals surface area contributed by atoms with E-state index in [0.717, 1.165) is 0 Å². The summed E-state index contributed by atoms with van der Waals surface area (Å²) >= 11 is 5.76. The Morgan fingerprint density at radius 2 is 2.21 bits per heavy atom. The SMILES string of the molecule is O=C(O)c1ccc(C#CCO)c(Cl)c1. The Labute approximate surface area is 85.9 Å².